The highest BCUT2D eigenvalue weighted by Crippen LogP contribution is 2.36. The molecule has 0 radical (unpaired) electrons. The molecular weight excluding hydrogens is 431 g/mol. The Balaban J connectivity index is 1.64. The van der Waals surface area contributed by atoms with Gasteiger partial charge in [0.25, 0.3) is 5.91 Å². The average Bonchev–Trinajstić information content (AvgIpc) is 2.72. The molecule has 0 aliphatic heterocycles. The van der Waals surface area contributed by atoms with Gasteiger partial charge < -0.3 is 5.32 Å². The Morgan fingerprint density at radius 3 is 2.42 bits per heavy atom. The maximum absolute atomic E-state index is 13.1. The Hall–Kier alpha value is -3.39. The number of hydrogen-bond donors (Lipinski definition) is 2. The van der Waals surface area contributed by atoms with Crippen molar-refractivity contribution in [2.24, 2.45) is 5.10 Å². The highest BCUT2D eigenvalue weighted by atomic mass is 35.5. The number of anilines is 1. The number of hydrogen-bond acceptors (Lipinski definition) is 3. The van der Waals surface area contributed by atoms with Gasteiger partial charge in [-0.15, -0.1) is 0 Å². The molecule has 0 heterocycles. The van der Waals surface area contributed by atoms with Gasteiger partial charge >= 0.3 is 6.18 Å². The number of carbonyl (C=O) groups is 2. The van der Waals surface area contributed by atoms with Gasteiger partial charge in [-0.1, -0.05) is 41.9 Å². The van der Waals surface area contributed by atoms with Gasteiger partial charge in [0.05, 0.1) is 17.7 Å². The molecule has 160 valence electrons. The SMILES string of the molecule is C/C(CC(=O)Nc1ccc(Cl)cc1C(F)(F)F)=N/NC(=O)c1ccc2ccccc2c1. The molecule has 2 amide bonds. The molecule has 3 aromatic carbocycles. The third-order valence-electron chi connectivity index (χ3n) is 4.34. The van der Waals surface area contributed by atoms with Gasteiger partial charge in [-0.25, -0.2) is 5.43 Å². The lowest BCUT2D eigenvalue weighted by molar-refractivity contribution is -0.137. The van der Waals surface area contributed by atoms with Crippen LogP contribution >= 0.6 is 11.6 Å². The molecule has 2 N–H and O–H groups in total. The zero-order valence-electron chi connectivity index (χ0n) is 16.3. The molecule has 0 spiro atoms. The summed E-state index contributed by atoms with van der Waals surface area (Å²) in [7, 11) is 0. The number of carbonyl (C=O) groups excluding carboxylic acids is 2. The summed E-state index contributed by atoms with van der Waals surface area (Å²) in [5, 5.41) is 7.84. The second-order valence-corrected chi connectivity index (χ2v) is 7.20. The summed E-state index contributed by atoms with van der Waals surface area (Å²) < 4.78 is 39.4. The van der Waals surface area contributed by atoms with Crippen LogP contribution in [0.5, 0.6) is 0 Å². The highest BCUT2D eigenvalue weighted by molar-refractivity contribution is 6.30. The molecular formula is C22H17ClF3N3O2. The van der Waals surface area contributed by atoms with Gasteiger partial charge in [-0.2, -0.15) is 18.3 Å². The molecule has 31 heavy (non-hydrogen) atoms. The minimum Gasteiger partial charge on any atom is -0.325 e. The second kappa shape index (κ2) is 9.18. The highest BCUT2D eigenvalue weighted by Gasteiger charge is 2.34. The predicted octanol–water partition coefficient (Wildman–Crippen LogP) is 5.65. The smallest absolute Gasteiger partial charge is 0.325 e. The van der Waals surface area contributed by atoms with Crippen molar-refractivity contribution in [3.63, 3.8) is 0 Å². The van der Waals surface area contributed by atoms with Crippen molar-refractivity contribution < 1.29 is 22.8 Å². The van der Waals surface area contributed by atoms with Crippen LogP contribution in [0, 0.1) is 0 Å². The zero-order valence-corrected chi connectivity index (χ0v) is 17.0. The number of halogens is 4. The van der Waals surface area contributed by atoms with Crippen molar-refractivity contribution in [1.29, 1.82) is 0 Å². The lowest BCUT2D eigenvalue weighted by atomic mass is 10.1. The summed E-state index contributed by atoms with van der Waals surface area (Å²) in [5.41, 5.74) is 1.49. The van der Waals surface area contributed by atoms with E-state index in [4.69, 9.17) is 11.6 Å². The first kappa shape index (κ1) is 22.3. The van der Waals surface area contributed by atoms with Crippen LogP contribution in [0.2, 0.25) is 5.02 Å². The fraction of sp³-hybridized carbons (Fsp3) is 0.136. The fourth-order valence-corrected chi connectivity index (χ4v) is 3.04. The third kappa shape index (κ3) is 5.82. The topological polar surface area (TPSA) is 70.6 Å². The average molecular weight is 448 g/mol. The summed E-state index contributed by atoms with van der Waals surface area (Å²) >= 11 is 5.63. The first-order valence-electron chi connectivity index (χ1n) is 9.12. The van der Waals surface area contributed by atoms with Crippen molar-refractivity contribution in [2.45, 2.75) is 19.5 Å². The molecule has 5 nitrogen and oxygen atoms in total. The molecule has 9 heteroatoms. The van der Waals surface area contributed by atoms with Gasteiger partial charge in [0.2, 0.25) is 5.91 Å². The van der Waals surface area contributed by atoms with Crippen molar-refractivity contribution in [2.75, 3.05) is 5.32 Å². The summed E-state index contributed by atoms with van der Waals surface area (Å²) in [4.78, 5) is 24.4. The van der Waals surface area contributed by atoms with Crippen LogP contribution in [0.15, 0.2) is 65.8 Å². The molecule has 0 aromatic heterocycles. The number of amides is 2. The van der Waals surface area contributed by atoms with E-state index in [9.17, 15) is 22.8 Å². The van der Waals surface area contributed by atoms with Crippen molar-refractivity contribution in [3.8, 4) is 0 Å². The molecule has 0 fully saturated rings. The first-order valence-corrected chi connectivity index (χ1v) is 9.50. The standard InChI is InChI=1S/C22H17ClF3N3O2/c1-13(10-20(30)27-19-9-8-17(23)12-18(19)22(24,25)26)28-29-21(31)16-7-6-14-4-2-3-5-15(14)11-16/h2-9,11-12H,10H2,1H3,(H,27,30)(H,29,31)/b28-13-. The largest absolute Gasteiger partial charge is 0.418 e. The van der Waals surface area contributed by atoms with E-state index in [1.54, 1.807) is 18.2 Å². The van der Waals surface area contributed by atoms with Crippen molar-refractivity contribution in [3.05, 3.63) is 76.8 Å². The van der Waals surface area contributed by atoms with Crippen LogP contribution in [0.3, 0.4) is 0 Å². The molecule has 0 atom stereocenters. The minimum absolute atomic E-state index is 0.0977. The van der Waals surface area contributed by atoms with Crippen LogP contribution < -0.4 is 10.7 Å². The molecule has 3 aromatic rings. The molecule has 0 saturated heterocycles. The number of fused-ring (bicyclic) bond motifs is 1. The second-order valence-electron chi connectivity index (χ2n) is 6.76. The van der Waals surface area contributed by atoms with Crippen LogP contribution in [0.1, 0.15) is 29.3 Å². The maximum atomic E-state index is 13.1. The summed E-state index contributed by atoms with van der Waals surface area (Å²) in [6.45, 7) is 1.48. The van der Waals surface area contributed by atoms with Crippen LogP contribution in [0.25, 0.3) is 10.8 Å². The van der Waals surface area contributed by atoms with E-state index in [2.05, 4.69) is 15.8 Å². The van der Waals surface area contributed by atoms with Crippen LogP contribution in [-0.2, 0) is 11.0 Å². The van der Waals surface area contributed by atoms with E-state index in [0.717, 1.165) is 22.9 Å². The van der Waals surface area contributed by atoms with Crippen molar-refractivity contribution >= 4 is 45.6 Å². The van der Waals surface area contributed by atoms with Gasteiger partial charge in [0, 0.05) is 16.3 Å². The minimum atomic E-state index is -4.68. The van der Waals surface area contributed by atoms with Gasteiger partial charge in [-0.05, 0) is 48.0 Å². The number of benzene rings is 3. The zero-order chi connectivity index (χ0) is 22.6. The van der Waals surface area contributed by atoms with E-state index < -0.39 is 29.2 Å². The van der Waals surface area contributed by atoms with E-state index in [1.807, 2.05) is 24.3 Å². The monoisotopic (exact) mass is 447 g/mol. The Morgan fingerprint density at radius 1 is 1.00 bits per heavy atom. The molecule has 0 saturated carbocycles. The van der Waals surface area contributed by atoms with Crippen LogP contribution in [0.4, 0.5) is 18.9 Å². The normalized spacial score (nSPS) is 12.0. The van der Waals surface area contributed by atoms with Gasteiger partial charge in [-0.3, -0.25) is 9.59 Å². The Labute approximate surface area is 180 Å². The lowest BCUT2D eigenvalue weighted by Crippen LogP contribution is -2.22. The lowest BCUT2D eigenvalue weighted by Gasteiger charge is -2.14. The maximum Gasteiger partial charge on any atom is 0.418 e. The van der Waals surface area contributed by atoms with E-state index >= 15 is 0 Å². The molecule has 0 aliphatic rings. The summed E-state index contributed by atoms with van der Waals surface area (Å²) in [6, 6.07) is 15.8. The van der Waals surface area contributed by atoms with E-state index in [1.165, 1.54) is 13.0 Å². The number of nitrogens with one attached hydrogen (secondary N) is 2. The predicted molar refractivity (Wildman–Crippen MR) is 114 cm³/mol. The summed E-state index contributed by atoms with van der Waals surface area (Å²) in [6.07, 6.45) is -4.98. The Kier molecular flexibility index (Phi) is 6.60. The van der Waals surface area contributed by atoms with Gasteiger partial charge in [0.15, 0.2) is 0 Å². The molecule has 3 rings (SSSR count). The fourth-order valence-electron chi connectivity index (χ4n) is 2.87. The molecule has 0 unspecified atom stereocenters. The molecule has 0 aliphatic carbocycles. The first-order chi connectivity index (χ1) is 14.6. The van der Waals surface area contributed by atoms with Crippen LogP contribution in [-0.4, -0.2) is 17.5 Å². The number of rotatable bonds is 5. The van der Waals surface area contributed by atoms with Gasteiger partial charge in [0.1, 0.15) is 0 Å². The van der Waals surface area contributed by atoms with E-state index in [0.29, 0.717) is 5.56 Å². The Morgan fingerprint density at radius 2 is 1.71 bits per heavy atom. The number of hydrazone groups is 1. The molecule has 0 bridgehead atoms. The number of alkyl halides is 3. The number of nitrogens with zero attached hydrogens (tertiary/aromatic N) is 1. The van der Waals surface area contributed by atoms with Crippen molar-refractivity contribution in [1.82, 2.24) is 5.43 Å². The van der Waals surface area contributed by atoms with E-state index in [-0.39, 0.29) is 17.2 Å². The Bertz CT molecular complexity index is 1180. The quantitative estimate of drug-likeness (QED) is 0.392. The summed E-state index contributed by atoms with van der Waals surface area (Å²) in [5.74, 6) is -1.18. The third-order valence-corrected chi connectivity index (χ3v) is 4.57.